The summed E-state index contributed by atoms with van der Waals surface area (Å²) in [6, 6.07) is 0.343. The number of carbonyl (C=O) groups excluding carboxylic acids is 1. The maximum Gasteiger partial charge on any atom is 0.164 e. The van der Waals surface area contributed by atoms with Gasteiger partial charge in [0.25, 0.3) is 0 Å². The first-order chi connectivity index (χ1) is 4.74. The first-order valence-electron chi connectivity index (χ1n) is 3.57. The fourth-order valence-electron chi connectivity index (χ4n) is 0.978. The maximum absolute atomic E-state index is 10.2. The van der Waals surface area contributed by atoms with Crippen molar-refractivity contribution < 1.29 is 9.53 Å². The summed E-state index contributed by atoms with van der Waals surface area (Å²) in [7, 11) is 0. The Bertz CT molecular complexity index is 125. The van der Waals surface area contributed by atoms with Crippen molar-refractivity contribution in [3.63, 3.8) is 0 Å². The lowest BCUT2D eigenvalue weighted by Gasteiger charge is -2.11. The molecule has 1 saturated heterocycles. The molecule has 1 aliphatic rings. The van der Waals surface area contributed by atoms with E-state index in [1.54, 1.807) is 0 Å². The van der Waals surface area contributed by atoms with Crippen LogP contribution in [0.15, 0.2) is 0 Å². The van der Waals surface area contributed by atoms with Gasteiger partial charge in [-0.15, -0.1) is 0 Å². The molecular weight excluding hydrogens is 130 g/mol. The fourth-order valence-corrected chi connectivity index (χ4v) is 0.978. The van der Waals surface area contributed by atoms with Crippen LogP contribution in [0.5, 0.6) is 0 Å². The Hall–Kier alpha value is -0.410. The third kappa shape index (κ3) is 1.55. The molecule has 0 amide bonds. The molecule has 1 fully saturated rings. The van der Waals surface area contributed by atoms with Gasteiger partial charge in [0.2, 0.25) is 0 Å². The van der Waals surface area contributed by atoms with E-state index in [-0.39, 0.29) is 6.23 Å². The molecule has 3 nitrogen and oxygen atoms in total. The van der Waals surface area contributed by atoms with Gasteiger partial charge in [-0.05, 0) is 5.92 Å². The molecule has 2 atom stereocenters. The van der Waals surface area contributed by atoms with E-state index < -0.39 is 0 Å². The zero-order valence-electron chi connectivity index (χ0n) is 6.33. The van der Waals surface area contributed by atoms with Crippen molar-refractivity contribution in [1.29, 1.82) is 0 Å². The monoisotopic (exact) mass is 143 g/mol. The minimum absolute atomic E-state index is 0.343. The van der Waals surface area contributed by atoms with Crippen molar-refractivity contribution >= 4 is 6.29 Å². The molecular formula is C7H13NO2. The average Bonchev–Trinajstić information content (AvgIpc) is 2.34. The highest BCUT2D eigenvalue weighted by Crippen LogP contribution is 2.09. The van der Waals surface area contributed by atoms with Gasteiger partial charge in [-0.2, -0.15) is 0 Å². The molecule has 0 aromatic heterocycles. The van der Waals surface area contributed by atoms with E-state index in [1.807, 2.05) is 0 Å². The number of hydrogen-bond donors (Lipinski definition) is 1. The van der Waals surface area contributed by atoms with Crippen LogP contribution in [0.25, 0.3) is 0 Å². The van der Waals surface area contributed by atoms with Crippen LogP contribution in [-0.4, -0.2) is 25.2 Å². The molecule has 0 radical (unpaired) electrons. The lowest BCUT2D eigenvalue weighted by molar-refractivity contribution is -0.116. The van der Waals surface area contributed by atoms with Gasteiger partial charge in [-0.1, -0.05) is 13.8 Å². The SMILES string of the molecule is CC(C)[C@H]1COC(C=O)N1. The first kappa shape index (κ1) is 7.69. The highest BCUT2D eigenvalue weighted by molar-refractivity contribution is 5.55. The second-order valence-electron chi connectivity index (χ2n) is 2.91. The van der Waals surface area contributed by atoms with E-state index in [2.05, 4.69) is 19.2 Å². The van der Waals surface area contributed by atoms with Crippen LogP contribution in [0, 0.1) is 5.92 Å². The Morgan fingerprint density at radius 1 is 1.70 bits per heavy atom. The second-order valence-corrected chi connectivity index (χ2v) is 2.91. The standard InChI is InChI=1S/C7H13NO2/c1-5(2)6-4-10-7(3-9)8-6/h3,5-8H,4H2,1-2H3/t6-,7?/m1/s1. The van der Waals surface area contributed by atoms with Crippen LogP contribution in [0.4, 0.5) is 0 Å². The van der Waals surface area contributed by atoms with E-state index in [4.69, 9.17) is 4.74 Å². The number of carbonyl (C=O) groups is 1. The highest BCUT2D eigenvalue weighted by atomic mass is 16.5. The van der Waals surface area contributed by atoms with Crippen LogP contribution in [0.1, 0.15) is 13.8 Å². The van der Waals surface area contributed by atoms with Gasteiger partial charge in [-0.3, -0.25) is 10.1 Å². The molecule has 1 heterocycles. The van der Waals surface area contributed by atoms with Crippen molar-refractivity contribution in [3.05, 3.63) is 0 Å². The molecule has 1 aliphatic heterocycles. The first-order valence-corrected chi connectivity index (χ1v) is 3.57. The van der Waals surface area contributed by atoms with Gasteiger partial charge in [-0.25, -0.2) is 0 Å². The third-order valence-corrected chi connectivity index (χ3v) is 1.76. The molecule has 0 saturated carbocycles. The summed E-state index contributed by atoms with van der Waals surface area (Å²) < 4.78 is 5.10. The van der Waals surface area contributed by atoms with Gasteiger partial charge in [0.05, 0.1) is 6.61 Å². The molecule has 0 aromatic rings. The zero-order chi connectivity index (χ0) is 7.56. The van der Waals surface area contributed by atoms with Gasteiger partial charge >= 0.3 is 0 Å². The summed E-state index contributed by atoms with van der Waals surface area (Å²) in [6.07, 6.45) is 0.426. The molecule has 1 unspecified atom stereocenters. The lowest BCUT2D eigenvalue weighted by atomic mass is 10.1. The Morgan fingerprint density at radius 3 is 2.70 bits per heavy atom. The predicted octanol–water partition coefficient (Wildman–Crippen LogP) is 0.156. The van der Waals surface area contributed by atoms with Crippen LogP contribution in [0.3, 0.4) is 0 Å². The van der Waals surface area contributed by atoms with Crippen molar-refractivity contribution in [2.24, 2.45) is 5.92 Å². The van der Waals surface area contributed by atoms with Crippen molar-refractivity contribution in [2.45, 2.75) is 26.1 Å². The fraction of sp³-hybridized carbons (Fsp3) is 0.857. The van der Waals surface area contributed by atoms with E-state index >= 15 is 0 Å². The summed E-state index contributed by atoms with van der Waals surface area (Å²) in [4.78, 5) is 10.2. The van der Waals surface area contributed by atoms with E-state index in [1.165, 1.54) is 0 Å². The molecule has 0 spiro atoms. The highest BCUT2D eigenvalue weighted by Gasteiger charge is 2.25. The predicted molar refractivity (Wildman–Crippen MR) is 37.6 cm³/mol. The minimum atomic E-state index is -0.368. The van der Waals surface area contributed by atoms with Crippen molar-refractivity contribution in [2.75, 3.05) is 6.61 Å². The molecule has 3 heteroatoms. The van der Waals surface area contributed by atoms with Gasteiger partial charge < -0.3 is 4.74 Å². The number of aldehydes is 1. The minimum Gasteiger partial charge on any atom is -0.355 e. The second kappa shape index (κ2) is 3.12. The maximum atomic E-state index is 10.2. The van der Waals surface area contributed by atoms with E-state index in [0.717, 1.165) is 6.29 Å². The number of hydrogen-bond acceptors (Lipinski definition) is 3. The smallest absolute Gasteiger partial charge is 0.164 e. The van der Waals surface area contributed by atoms with Gasteiger partial charge in [0.15, 0.2) is 12.5 Å². The van der Waals surface area contributed by atoms with Crippen LogP contribution >= 0.6 is 0 Å². The number of ether oxygens (including phenoxy) is 1. The topological polar surface area (TPSA) is 38.3 Å². The Labute approximate surface area is 60.7 Å². The summed E-state index contributed by atoms with van der Waals surface area (Å²) in [5.74, 6) is 0.532. The normalized spacial score (nSPS) is 33.1. The van der Waals surface area contributed by atoms with Gasteiger partial charge in [0, 0.05) is 6.04 Å². The van der Waals surface area contributed by atoms with Crippen molar-refractivity contribution in [1.82, 2.24) is 5.32 Å². The number of rotatable bonds is 2. The van der Waals surface area contributed by atoms with E-state index in [0.29, 0.717) is 18.6 Å². The summed E-state index contributed by atoms with van der Waals surface area (Å²) in [5, 5.41) is 3.05. The van der Waals surface area contributed by atoms with Crippen LogP contribution < -0.4 is 5.32 Å². The van der Waals surface area contributed by atoms with Crippen LogP contribution in [-0.2, 0) is 9.53 Å². The molecule has 0 bridgehead atoms. The summed E-state index contributed by atoms with van der Waals surface area (Å²) >= 11 is 0. The zero-order valence-corrected chi connectivity index (χ0v) is 6.33. The molecule has 0 aromatic carbocycles. The molecule has 0 aliphatic carbocycles. The van der Waals surface area contributed by atoms with E-state index in [9.17, 15) is 4.79 Å². The van der Waals surface area contributed by atoms with Crippen LogP contribution in [0.2, 0.25) is 0 Å². The largest absolute Gasteiger partial charge is 0.355 e. The summed E-state index contributed by atoms with van der Waals surface area (Å²) in [5.41, 5.74) is 0. The molecule has 1 rings (SSSR count). The third-order valence-electron chi connectivity index (χ3n) is 1.76. The van der Waals surface area contributed by atoms with Crippen molar-refractivity contribution in [3.8, 4) is 0 Å². The average molecular weight is 143 g/mol. The molecule has 1 N–H and O–H groups in total. The Kier molecular flexibility index (Phi) is 2.40. The molecule has 58 valence electrons. The quantitative estimate of drug-likeness (QED) is 0.559. The Balaban J connectivity index is 2.35. The molecule has 10 heavy (non-hydrogen) atoms. The summed E-state index contributed by atoms with van der Waals surface area (Å²) in [6.45, 7) is 4.86. The van der Waals surface area contributed by atoms with Gasteiger partial charge in [0.1, 0.15) is 0 Å². The number of nitrogens with one attached hydrogen (secondary N) is 1. The Morgan fingerprint density at radius 2 is 2.40 bits per heavy atom. The lowest BCUT2D eigenvalue weighted by Crippen LogP contribution is -2.34.